The molecule has 1 saturated heterocycles. The number of thiophene rings is 1. The molecule has 28 heavy (non-hydrogen) atoms. The summed E-state index contributed by atoms with van der Waals surface area (Å²) in [6.45, 7) is 0.761. The summed E-state index contributed by atoms with van der Waals surface area (Å²) in [5.41, 5.74) is 1.89. The van der Waals surface area contributed by atoms with E-state index >= 15 is 0 Å². The third kappa shape index (κ3) is 3.57. The summed E-state index contributed by atoms with van der Waals surface area (Å²) < 4.78 is 10.8. The van der Waals surface area contributed by atoms with Crippen LogP contribution in [0.15, 0.2) is 35.0 Å². The highest BCUT2D eigenvalue weighted by Crippen LogP contribution is 2.38. The highest BCUT2D eigenvalue weighted by molar-refractivity contribution is 7.08. The van der Waals surface area contributed by atoms with Crippen LogP contribution in [0.25, 0.3) is 11.4 Å². The molecule has 0 bridgehead atoms. The lowest BCUT2D eigenvalue weighted by Gasteiger charge is -2.26. The number of hydrogen-bond donors (Lipinski definition) is 0. The van der Waals surface area contributed by atoms with Crippen LogP contribution < -0.4 is 9.47 Å². The van der Waals surface area contributed by atoms with Crippen molar-refractivity contribution < 1.29 is 14.3 Å². The fourth-order valence-corrected chi connectivity index (χ4v) is 4.15. The van der Waals surface area contributed by atoms with Crippen LogP contribution in [0.4, 0.5) is 0 Å². The molecular weight excluding hydrogens is 378 g/mol. The quantitative estimate of drug-likeness (QED) is 0.634. The molecule has 4 rings (SSSR count). The number of carbonyl (C=O) groups excluding carboxylic acids is 1. The van der Waals surface area contributed by atoms with Gasteiger partial charge in [0.1, 0.15) is 18.0 Å². The minimum Gasteiger partial charge on any atom is -0.497 e. The van der Waals surface area contributed by atoms with Gasteiger partial charge in [-0.05, 0) is 41.6 Å². The molecule has 1 aliphatic heterocycles. The van der Waals surface area contributed by atoms with Crippen LogP contribution in [0.2, 0.25) is 0 Å². The number of hydrogen-bond acceptors (Lipinski definition) is 7. The second kappa shape index (κ2) is 7.97. The first-order valence-electron chi connectivity index (χ1n) is 9.01. The molecule has 1 aromatic carbocycles. The van der Waals surface area contributed by atoms with Crippen molar-refractivity contribution in [2.24, 2.45) is 0 Å². The number of aromatic nitrogens is 4. The zero-order valence-corrected chi connectivity index (χ0v) is 16.6. The fourth-order valence-electron chi connectivity index (χ4n) is 3.51. The average molecular weight is 399 g/mol. The third-order valence-corrected chi connectivity index (χ3v) is 5.56. The predicted molar refractivity (Wildman–Crippen MR) is 104 cm³/mol. The van der Waals surface area contributed by atoms with Crippen molar-refractivity contribution in [3.8, 4) is 22.9 Å². The van der Waals surface area contributed by atoms with Crippen LogP contribution in [0, 0.1) is 0 Å². The van der Waals surface area contributed by atoms with Crippen LogP contribution >= 0.6 is 11.3 Å². The molecule has 1 unspecified atom stereocenters. The lowest BCUT2D eigenvalue weighted by molar-refractivity contribution is -0.133. The SMILES string of the molecule is COc1ccc(C2CCCN2C(=O)Cn2nnc(-c3ccsc3)n2)c(OC)c1. The molecule has 1 fully saturated rings. The van der Waals surface area contributed by atoms with Gasteiger partial charge in [-0.2, -0.15) is 16.1 Å². The Hall–Kier alpha value is -2.94. The van der Waals surface area contributed by atoms with E-state index in [2.05, 4.69) is 15.4 Å². The van der Waals surface area contributed by atoms with Gasteiger partial charge in [0.25, 0.3) is 0 Å². The molecule has 1 aliphatic rings. The number of tetrazole rings is 1. The average Bonchev–Trinajstić information content (AvgIpc) is 3.48. The number of nitrogens with zero attached hydrogens (tertiary/aromatic N) is 5. The predicted octanol–water partition coefficient (Wildman–Crippen LogP) is 2.78. The second-order valence-electron chi connectivity index (χ2n) is 6.51. The molecule has 0 saturated carbocycles. The van der Waals surface area contributed by atoms with E-state index < -0.39 is 0 Å². The number of amides is 1. The molecule has 146 valence electrons. The van der Waals surface area contributed by atoms with E-state index in [1.54, 1.807) is 25.6 Å². The van der Waals surface area contributed by atoms with E-state index in [0.717, 1.165) is 35.5 Å². The highest BCUT2D eigenvalue weighted by atomic mass is 32.1. The molecule has 0 radical (unpaired) electrons. The molecule has 9 heteroatoms. The Kier molecular flexibility index (Phi) is 5.25. The standard InChI is InChI=1S/C19H21N5O3S/c1-26-14-5-6-15(17(10-14)27-2)16-4-3-8-23(16)18(25)11-24-21-19(20-22-24)13-7-9-28-12-13/h5-7,9-10,12,16H,3-4,8,11H2,1-2H3. The monoisotopic (exact) mass is 399 g/mol. The van der Waals surface area contributed by atoms with Gasteiger partial charge in [-0.3, -0.25) is 4.79 Å². The summed E-state index contributed by atoms with van der Waals surface area (Å²) in [6.07, 6.45) is 1.83. The van der Waals surface area contributed by atoms with Gasteiger partial charge in [-0.25, -0.2) is 0 Å². The van der Waals surface area contributed by atoms with E-state index in [0.29, 0.717) is 12.4 Å². The van der Waals surface area contributed by atoms with Crippen molar-refractivity contribution in [1.29, 1.82) is 0 Å². The summed E-state index contributed by atoms with van der Waals surface area (Å²) in [6, 6.07) is 7.61. The molecule has 0 aliphatic carbocycles. The second-order valence-corrected chi connectivity index (χ2v) is 7.29. The minimum atomic E-state index is -0.0341. The summed E-state index contributed by atoms with van der Waals surface area (Å²) >= 11 is 1.57. The lowest BCUT2D eigenvalue weighted by atomic mass is 10.0. The summed E-state index contributed by atoms with van der Waals surface area (Å²) in [4.78, 5) is 16.2. The van der Waals surface area contributed by atoms with E-state index in [-0.39, 0.29) is 18.5 Å². The Balaban J connectivity index is 1.51. The Morgan fingerprint density at radius 2 is 2.18 bits per heavy atom. The first-order chi connectivity index (χ1) is 13.7. The number of methoxy groups -OCH3 is 2. The van der Waals surface area contributed by atoms with Gasteiger partial charge >= 0.3 is 0 Å². The third-order valence-electron chi connectivity index (χ3n) is 4.88. The van der Waals surface area contributed by atoms with Crippen LogP contribution in [0.5, 0.6) is 11.5 Å². The van der Waals surface area contributed by atoms with Crippen LogP contribution in [-0.4, -0.2) is 51.8 Å². The number of rotatable bonds is 6. The van der Waals surface area contributed by atoms with E-state index in [4.69, 9.17) is 9.47 Å². The smallest absolute Gasteiger partial charge is 0.246 e. The molecule has 1 amide bonds. The van der Waals surface area contributed by atoms with Gasteiger partial charge in [-0.1, -0.05) is 0 Å². The zero-order chi connectivity index (χ0) is 19.5. The highest BCUT2D eigenvalue weighted by Gasteiger charge is 2.32. The van der Waals surface area contributed by atoms with E-state index in [9.17, 15) is 4.79 Å². The maximum atomic E-state index is 13.0. The van der Waals surface area contributed by atoms with Gasteiger partial charge in [0.15, 0.2) is 0 Å². The van der Waals surface area contributed by atoms with Crippen molar-refractivity contribution in [2.45, 2.75) is 25.4 Å². The van der Waals surface area contributed by atoms with Crippen molar-refractivity contribution in [1.82, 2.24) is 25.1 Å². The lowest BCUT2D eigenvalue weighted by Crippen LogP contribution is -2.34. The molecule has 0 spiro atoms. The Labute approximate surface area is 166 Å². The van der Waals surface area contributed by atoms with E-state index in [1.807, 2.05) is 39.9 Å². The summed E-state index contributed by atoms with van der Waals surface area (Å²) in [5.74, 6) is 1.95. The van der Waals surface area contributed by atoms with Crippen LogP contribution in [0.1, 0.15) is 24.4 Å². The molecule has 3 heterocycles. The molecule has 1 atom stereocenters. The Morgan fingerprint density at radius 1 is 1.29 bits per heavy atom. The molecule has 3 aromatic rings. The molecular formula is C19H21N5O3S. The van der Waals surface area contributed by atoms with Gasteiger partial charge in [-0.15, -0.1) is 10.2 Å². The Bertz CT molecular complexity index is 956. The van der Waals surface area contributed by atoms with Crippen molar-refractivity contribution in [3.05, 3.63) is 40.6 Å². The first kappa shape index (κ1) is 18.4. The minimum absolute atomic E-state index is 0.0327. The maximum Gasteiger partial charge on any atom is 0.246 e. The van der Waals surface area contributed by atoms with Gasteiger partial charge < -0.3 is 14.4 Å². The van der Waals surface area contributed by atoms with Gasteiger partial charge in [0.2, 0.25) is 11.7 Å². The van der Waals surface area contributed by atoms with Crippen LogP contribution in [-0.2, 0) is 11.3 Å². The number of carbonyl (C=O) groups is 1. The topological polar surface area (TPSA) is 82.4 Å². The molecule has 8 nitrogen and oxygen atoms in total. The van der Waals surface area contributed by atoms with Crippen LogP contribution in [0.3, 0.4) is 0 Å². The van der Waals surface area contributed by atoms with Gasteiger partial charge in [0.05, 0.1) is 20.3 Å². The Morgan fingerprint density at radius 3 is 2.93 bits per heavy atom. The fraction of sp³-hybridized carbons (Fsp3) is 0.368. The molecule has 0 N–H and O–H groups in total. The largest absolute Gasteiger partial charge is 0.497 e. The zero-order valence-electron chi connectivity index (χ0n) is 15.7. The summed E-state index contributed by atoms with van der Waals surface area (Å²) in [5, 5.41) is 16.3. The normalized spacial score (nSPS) is 16.4. The van der Waals surface area contributed by atoms with Crippen molar-refractivity contribution in [2.75, 3.05) is 20.8 Å². The molecule has 2 aromatic heterocycles. The number of likely N-dealkylation sites (tertiary alicyclic amines) is 1. The summed E-state index contributed by atoms with van der Waals surface area (Å²) in [7, 11) is 3.25. The van der Waals surface area contributed by atoms with E-state index in [1.165, 1.54) is 4.80 Å². The number of benzene rings is 1. The van der Waals surface area contributed by atoms with Crippen molar-refractivity contribution >= 4 is 17.2 Å². The number of ether oxygens (including phenoxy) is 2. The maximum absolute atomic E-state index is 13.0. The first-order valence-corrected chi connectivity index (χ1v) is 9.95. The van der Waals surface area contributed by atoms with Crippen molar-refractivity contribution in [3.63, 3.8) is 0 Å². The van der Waals surface area contributed by atoms with Gasteiger partial charge in [0, 0.05) is 29.1 Å².